The van der Waals surface area contributed by atoms with Crippen LogP contribution in [0.2, 0.25) is 5.02 Å². The molecule has 0 aliphatic carbocycles. The van der Waals surface area contributed by atoms with Crippen LogP contribution in [0.15, 0.2) is 36.4 Å². The molecule has 0 aromatic heterocycles. The lowest BCUT2D eigenvalue weighted by Gasteiger charge is -2.08. The number of ether oxygens (including phenoxy) is 1. The quantitative estimate of drug-likeness (QED) is 0.918. The number of benzene rings is 2. The zero-order chi connectivity index (χ0) is 13.1. The predicted molar refractivity (Wildman–Crippen MR) is 65.8 cm³/mol. The van der Waals surface area contributed by atoms with Gasteiger partial charge in [0.2, 0.25) is 0 Å². The van der Waals surface area contributed by atoms with E-state index in [0.717, 1.165) is 6.07 Å². The van der Waals surface area contributed by atoms with Gasteiger partial charge in [0.05, 0.1) is 5.02 Å². The smallest absolute Gasteiger partial charge is 0.166 e. The molecule has 2 rings (SSSR count). The molecule has 0 bridgehead atoms. The van der Waals surface area contributed by atoms with Crippen LogP contribution in [-0.4, -0.2) is 0 Å². The zero-order valence-electron chi connectivity index (χ0n) is 9.29. The van der Waals surface area contributed by atoms with Crippen molar-refractivity contribution in [2.45, 2.75) is 6.54 Å². The third-order valence-electron chi connectivity index (χ3n) is 2.35. The minimum atomic E-state index is -0.617. The van der Waals surface area contributed by atoms with Gasteiger partial charge in [-0.2, -0.15) is 0 Å². The molecule has 94 valence electrons. The van der Waals surface area contributed by atoms with Gasteiger partial charge < -0.3 is 10.5 Å². The Kier molecular flexibility index (Phi) is 3.79. The summed E-state index contributed by atoms with van der Waals surface area (Å²) in [6.07, 6.45) is 0. The molecule has 0 aliphatic rings. The van der Waals surface area contributed by atoms with Gasteiger partial charge in [-0.1, -0.05) is 17.7 Å². The van der Waals surface area contributed by atoms with E-state index >= 15 is 0 Å². The van der Waals surface area contributed by atoms with Gasteiger partial charge in [-0.25, -0.2) is 8.78 Å². The van der Waals surface area contributed by atoms with Crippen LogP contribution < -0.4 is 10.5 Å². The first-order valence-electron chi connectivity index (χ1n) is 5.21. The molecule has 5 heteroatoms. The Bertz CT molecular complexity index is 575. The number of nitrogens with two attached hydrogens (primary N) is 1. The van der Waals surface area contributed by atoms with Gasteiger partial charge in [-0.3, -0.25) is 0 Å². The minimum Gasteiger partial charge on any atom is -0.454 e. The van der Waals surface area contributed by atoms with Crippen LogP contribution >= 0.6 is 11.6 Å². The highest BCUT2D eigenvalue weighted by molar-refractivity contribution is 6.30. The Morgan fingerprint density at radius 3 is 2.44 bits per heavy atom. The number of hydrogen-bond acceptors (Lipinski definition) is 2. The molecule has 0 saturated carbocycles. The molecule has 2 aromatic rings. The maximum absolute atomic E-state index is 13.6. The van der Waals surface area contributed by atoms with Gasteiger partial charge in [0.15, 0.2) is 11.6 Å². The van der Waals surface area contributed by atoms with E-state index in [0.29, 0.717) is 5.56 Å². The highest BCUT2D eigenvalue weighted by atomic mass is 35.5. The maximum atomic E-state index is 13.6. The van der Waals surface area contributed by atoms with Crippen LogP contribution in [0.25, 0.3) is 0 Å². The molecule has 18 heavy (non-hydrogen) atoms. The van der Waals surface area contributed by atoms with Crippen LogP contribution in [-0.2, 0) is 6.54 Å². The SMILES string of the molecule is NCc1ccc(Oc2ccc(Cl)c(F)c2)c(F)c1. The van der Waals surface area contributed by atoms with Crippen molar-refractivity contribution in [1.29, 1.82) is 0 Å². The molecular formula is C13H10ClF2NO. The third-order valence-corrected chi connectivity index (χ3v) is 2.66. The molecule has 2 nitrogen and oxygen atoms in total. The van der Waals surface area contributed by atoms with Gasteiger partial charge in [0.1, 0.15) is 11.6 Å². The molecule has 2 aromatic carbocycles. The molecule has 0 fully saturated rings. The van der Waals surface area contributed by atoms with Crippen LogP contribution in [0.4, 0.5) is 8.78 Å². The standard InChI is InChI=1S/C13H10ClF2NO/c14-10-3-2-9(6-11(10)15)18-13-4-1-8(7-17)5-12(13)16/h1-6H,7,17H2. The van der Waals surface area contributed by atoms with Crippen LogP contribution in [0.3, 0.4) is 0 Å². The Morgan fingerprint density at radius 1 is 1.06 bits per heavy atom. The van der Waals surface area contributed by atoms with E-state index in [4.69, 9.17) is 22.1 Å². The van der Waals surface area contributed by atoms with Crippen molar-refractivity contribution in [2.75, 3.05) is 0 Å². The Balaban J connectivity index is 2.25. The lowest BCUT2D eigenvalue weighted by atomic mass is 10.2. The molecule has 0 amide bonds. The summed E-state index contributed by atoms with van der Waals surface area (Å²) in [4.78, 5) is 0. The summed E-state index contributed by atoms with van der Waals surface area (Å²) < 4.78 is 32.0. The summed E-state index contributed by atoms with van der Waals surface area (Å²) in [7, 11) is 0. The summed E-state index contributed by atoms with van der Waals surface area (Å²) in [5.74, 6) is -0.980. The Morgan fingerprint density at radius 2 is 1.83 bits per heavy atom. The lowest BCUT2D eigenvalue weighted by Crippen LogP contribution is -1.97. The van der Waals surface area contributed by atoms with Crippen molar-refractivity contribution in [2.24, 2.45) is 5.73 Å². The van der Waals surface area contributed by atoms with E-state index in [1.54, 1.807) is 6.07 Å². The fraction of sp³-hybridized carbons (Fsp3) is 0.0769. The summed E-state index contributed by atoms with van der Waals surface area (Å²) in [6.45, 7) is 0.243. The van der Waals surface area contributed by atoms with Crippen molar-refractivity contribution in [1.82, 2.24) is 0 Å². The van der Waals surface area contributed by atoms with Gasteiger partial charge in [0, 0.05) is 12.6 Å². The van der Waals surface area contributed by atoms with Crippen LogP contribution in [0, 0.1) is 11.6 Å². The topological polar surface area (TPSA) is 35.2 Å². The van der Waals surface area contributed by atoms with Crippen molar-refractivity contribution >= 4 is 11.6 Å². The van der Waals surface area contributed by atoms with Gasteiger partial charge >= 0.3 is 0 Å². The summed E-state index contributed by atoms with van der Waals surface area (Å²) in [5, 5.41) is -0.0127. The molecule has 0 unspecified atom stereocenters. The van der Waals surface area contributed by atoms with E-state index in [2.05, 4.69) is 0 Å². The monoisotopic (exact) mass is 269 g/mol. The molecule has 2 N–H and O–H groups in total. The van der Waals surface area contributed by atoms with Crippen molar-refractivity contribution in [3.63, 3.8) is 0 Å². The number of rotatable bonds is 3. The summed E-state index contributed by atoms with van der Waals surface area (Å²) in [5.41, 5.74) is 6.04. The number of hydrogen-bond donors (Lipinski definition) is 1. The second-order valence-corrected chi connectivity index (χ2v) is 4.05. The van der Waals surface area contributed by atoms with E-state index in [-0.39, 0.29) is 23.1 Å². The van der Waals surface area contributed by atoms with Crippen LogP contribution in [0.5, 0.6) is 11.5 Å². The molecule has 0 saturated heterocycles. The normalized spacial score (nSPS) is 10.4. The first kappa shape index (κ1) is 12.8. The van der Waals surface area contributed by atoms with Crippen LogP contribution in [0.1, 0.15) is 5.56 Å². The minimum absolute atomic E-state index is 0.00826. The van der Waals surface area contributed by atoms with E-state index in [9.17, 15) is 8.78 Å². The average molecular weight is 270 g/mol. The molecule has 0 aliphatic heterocycles. The lowest BCUT2D eigenvalue weighted by molar-refractivity contribution is 0.438. The average Bonchev–Trinajstić information content (AvgIpc) is 2.36. The van der Waals surface area contributed by atoms with E-state index in [1.165, 1.54) is 24.3 Å². The fourth-order valence-corrected chi connectivity index (χ4v) is 1.54. The van der Waals surface area contributed by atoms with E-state index in [1.807, 2.05) is 0 Å². The second kappa shape index (κ2) is 5.33. The maximum Gasteiger partial charge on any atom is 0.166 e. The first-order valence-corrected chi connectivity index (χ1v) is 5.59. The largest absolute Gasteiger partial charge is 0.454 e. The molecule has 0 atom stereocenters. The highest BCUT2D eigenvalue weighted by Crippen LogP contribution is 2.27. The van der Waals surface area contributed by atoms with Gasteiger partial charge in [-0.05, 0) is 29.8 Å². The Hall–Kier alpha value is -1.65. The second-order valence-electron chi connectivity index (χ2n) is 3.65. The fourth-order valence-electron chi connectivity index (χ4n) is 1.42. The molecule has 0 radical (unpaired) electrons. The van der Waals surface area contributed by atoms with Gasteiger partial charge in [0.25, 0.3) is 0 Å². The zero-order valence-corrected chi connectivity index (χ0v) is 10.0. The van der Waals surface area contributed by atoms with Crippen molar-refractivity contribution < 1.29 is 13.5 Å². The van der Waals surface area contributed by atoms with Crippen molar-refractivity contribution in [3.8, 4) is 11.5 Å². The summed E-state index contributed by atoms with van der Waals surface area (Å²) in [6, 6.07) is 8.27. The summed E-state index contributed by atoms with van der Waals surface area (Å²) >= 11 is 5.54. The number of halogens is 3. The predicted octanol–water partition coefficient (Wildman–Crippen LogP) is 3.87. The highest BCUT2D eigenvalue weighted by Gasteiger charge is 2.07. The first-order chi connectivity index (χ1) is 8.60. The van der Waals surface area contributed by atoms with E-state index < -0.39 is 11.6 Å². The Labute approximate surface area is 108 Å². The molecular weight excluding hydrogens is 260 g/mol. The van der Waals surface area contributed by atoms with Gasteiger partial charge in [-0.15, -0.1) is 0 Å². The molecule has 0 heterocycles. The third kappa shape index (κ3) is 2.78. The molecule has 0 spiro atoms. The van der Waals surface area contributed by atoms with Crippen molar-refractivity contribution in [3.05, 3.63) is 58.6 Å².